The smallest absolute Gasteiger partial charge is 0.256 e. The molecule has 2 fully saturated rings. The van der Waals surface area contributed by atoms with Crippen LogP contribution in [0.25, 0.3) is 0 Å². The van der Waals surface area contributed by atoms with Crippen LogP contribution in [0, 0.1) is 0 Å². The SMILES string of the molecule is CN1CCN(CC(O)CN2CCc3ccccc3C2)C(=O)c2ccc(OC3CC4CCC(C3)N4)cc21.Cl.Cl. The molecular weight excluding hydrogens is 523 g/mol. The summed E-state index contributed by atoms with van der Waals surface area (Å²) in [7, 11) is 2.03. The summed E-state index contributed by atoms with van der Waals surface area (Å²) in [5.74, 6) is 0.836. The Hall–Kier alpha value is -2.03. The average Bonchev–Trinajstić information content (AvgIpc) is 3.18. The number of carbonyl (C=O) groups is 1. The second-order valence-corrected chi connectivity index (χ2v) is 11.1. The number of hydrogen-bond donors (Lipinski definition) is 2. The first-order valence-electron chi connectivity index (χ1n) is 13.6. The van der Waals surface area contributed by atoms with Crippen molar-refractivity contribution < 1.29 is 14.6 Å². The molecule has 4 aliphatic rings. The summed E-state index contributed by atoms with van der Waals surface area (Å²) in [6, 6.07) is 15.6. The molecule has 9 heteroatoms. The van der Waals surface area contributed by atoms with Crippen molar-refractivity contribution in [2.45, 2.75) is 62.9 Å². The maximum atomic E-state index is 13.5. The number of hydrogen-bond acceptors (Lipinski definition) is 6. The zero-order valence-corrected chi connectivity index (χ0v) is 23.7. The minimum Gasteiger partial charge on any atom is -0.490 e. The van der Waals surface area contributed by atoms with Crippen LogP contribution in [0.4, 0.5) is 5.69 Å². The van der Waals surface area contributed by atoms with E-state index in [2.05, 4.69) is 39.4 Å². The van der Waals surface area contributed by atoms with Crippen molar-refractivity contribution in [1.82, 2.24) is 15.1 Å². The van der Waals surface area contributed by atoms with E-state index in [-0.39, 0.29) is 36.8 Å². The van der Waals surface area contributed by atoms with Crippen LogP contribution in [0.5, 0.6) is 5.75 Å². The number of ether oxygens (including phenoxy) is 1. The lowest BCUT2D eigenvalue weighted by molar-refractivity contribution is 0.0521. The summed E-state index contributed by atoms with van der Waals surface area (Å²) < 4.78 is 6.39. The normalized spacial score (nSPS) is 25.4. The molecule has 4 aliphatic heterocycles. The van der Waals surface area contributed by atoms with Crippen LogP contribution in [0.1, 0.15) is 47.2 Å². The zero-order valence-electron chi connectivity index (χ0n) is 22.1. The number of aliphatic hydroxyl groups is 1. The van der Waals surface area contributed by atoms with Gasteiger partial charge >= 0.3 is 0 Å². The van der Waals surface area contributed by atoms with Gasteiger partial charge in [0.25, 0.3) is 5.91 Å². The van der Waals surface area contributed by atoms with E-state index in [0.717, 1.165) is 50.3 Å². The van der Waals surface area contributed by atoms with E-state index in [0.29, 0.717) is 37.3 Å². The minimum absolute atomic E-state index is 0. The second kappa shape index (κ2) is 12.4. The number of fused-ring (bicyclic) bond motifs is 4. The topological polar surface area (TPSA) is 68.3 Å². The molecule has 7 nitrogen and oxygen atoms in total. The molecular formula is C29H40Cl2N4O3. The fourth-order valence-electron chi connectivity index (χ4n) is 6.53. The van der Waals surface area contributed by atoms with Gasteiger partial charge in [-0.25, -0.2) is 0 Å². The molecule has 0 aliphatic carbocycles. The van der Waals surface area contributed by atoms with Crippen LogP contribution in [-0.4, -0.2) is 84.9 Å². The van der Waals surface area contributed by atoms with Crippen molar-refractivity contribution in [2.24, 2.45) is 0 Å². The van der Waals surface area contributed by atoms with Gasteiger partial charge in [-0.15, -0.1) is 24.8 Å². The van der Waals surface area contributed by atoms with E-state index < -0.39 is 6.10 Å². The van der Waals surface area contributed by atoms with Gasteiger partial charge in [0.2, 0.25) is 0 Å². The molecule has 38 heavy (non-hydrogen) atoms. The maximum Gasteiger partial charge on any atom is 0.256 e. The predicted octanol–water partition coefficient (Wildman–Crippen LogP) is 3.50. The molecule has 0 saturated carbocycles. The highest BCUT2D eigenvalue weighted by Gasteiger charge is 2.35. The van der Waals surface area contributed by atoms with Gasteiger partial charge < -0.3 is 25.0 Å². The molecule has 6 rings (SSSR count). The number of nitrogens with zero attached hydrogens (tertiary/aromatic N) is 3. The standard InChI is InChI=1S/C29H38N4O3.2ClH/c1-31-12-13-33(19-24(34)18-32-11-10-20-4-2-3-5-21(20)17-32)29(35)27-9-8-25(16-28(27)31)36-26-14-22-6-7-23(15-26)30-22;;/h2-5,8-9,16,22-24,26,30,34H,6-7,10-15,17-19H2,1H3;2*1H. The zero-order chi connectivity index (χ0) is 24.6. The third-order valence-electron chi connectivity index (χ3n) is 8.45. The number of β-amino-alcohol motifs (C(OH)–C–C–N with tert-alkyl or cyclic N) is 1. The Morgan fingerprint density at radius 1 is 1.00 bits per heavy atom. The molecule has 3 unspecified atom stereocenters. The van der Waals surface area contributed by atoms with E-state index in [9.17, 15) is 9.90 Å². The molecule has 4 heterocycles. The number of amides is 1. The molecule has 0 radical (unpaired) electrons. The highest BCUT2D eigenvalue weighted by Crippen LogP contribution is 2.33. The summed E-state index contributed by atoms with van der Waals surface area (Å²) in [6.07, 6.45) is 5.27. The van der Waals surface area contributed by atoms with Crippen molar-refractivity contribution in [2.75, 3.05) is 44.7 Å². The molecule has 208 valence electrons. The van der Waals surface area contributed by atoms with Gasteiger partial charge in [-0.05, 0) is 55.4 Å². The monoisotopic (exact) mass is 562 g/mol. The van der Waals surface area contributed by atoms with E-state index in [1.807, 2.05) is 30.1 Å². The number of halogens is 2. The Bertz CT molecular complexity index is 1110. The first-order chi connectivity index (χ1) is 17.5. The summed E-state index contributed by atoms with van der Waals surface area (Å²) in [6.45, 7) is 4.04. The van der Waals surface area contributed by atoms with Crippen molar-refractivity contribution in [1.29, 1.82) is 0 Å². The van der Waals surface area contributed by atoms with E-state index in [1.54, 1.807) is 0 Å². The van der Waals surface area contributed by atoms with E-state index >= 15 is 0 Å². The van der Waals surface area contributed by atoms with Crippen LogP contribution in [0.3, 0.4) is 0 Å². The molecule has 2 saturated heterocycles. The Labute approximate surface area is 238 Å². The van der Waals surface area contributed by atoms with Crippen LogP contribution in [0.2, 0.25) is 0 Å². The first kappa shape index (κ1) is 29.0. The van der Waals surface area contributed by atoms with Crippen molar-refractivity contribution in [3.8, 4) is 5.75 Å². The Kier molecular flexibility index (Phi) is 9.48. The third-order valence-corrected chi connectivity index (χ3v) is 8.45. The first-order valence-corrected chi connectivity index (χ1v) is 13.6. The Balaban J connectivity index is 0.00000168. The van der Waals surface area contributed by atoms with Gasteiger partial charge in [0.1, 0.15) is 11.9 Å². The summed E-state index contributed by atoms with van der Waals surface area (Å²) >= 11 is 0. The molecule has 1 amide bonds. The van der Waals surface area contributed by atoms with Crippen LogP contribution < -0.4 is 15.0 Å². The molecule has 2 N–H and O–H groups in total. The highest BCUT2D eigenvalue weighted by molar-refractivity contribution is 6.00. The minimum atomic E-state index is -0.580. The molecule has 2 aromatic carbocycles. The van der Waals surface area contributed by atoms with Gasteiger partial charge in [-0.3, -0.25) is 9.69 Å². The van der Waals surface area contributed by atoms with Gasteiger partial charge in [-0.1, -0.05) is 24.3 Å². The fourth-order valence-corrected chi connectivity index (χ4v) is 6.53. The number of rotatable bonds is 6. The van der Waals surface area contributed by atoms with Gasteiger partial charge in [-0.2, -0.15) is 0 Å². The second-order valence-electron chi connectivity index (χ2n) is 11.1. The van der Waals surface area contributed by atoms with Gasteiger partial charge in [0.15, 0.2) is 0 Å². The summed E-state index contributed by atoms with van der Waals surface area (Å²) in [4.78, 5) is 19.7. The number of aliphatic hydroxyl groups excluding tert-OH is 1. The van der Waals surface area contributed by atoms with Crippen molar-refractivity contribution >= 4 is 36.4 Å². The third kappa shape index (κ3) is 6.23. The summed E-state index contributed by atoms with van der Waals surface area (Å²) in [5, 5.41) is 14.6. The van der Waals surface area contributed by atoms with Crippen LogP contribution in [0.15, 0.2) is 42.5 Å². The highest BCUT2D eigenvalue weighted by atomic mass is 35.5. The van der Waals surface area contributed by atoms with Crippen LogP contribution in [-0.2, 0) is 13.0 Å². The van der Waals surface area contributed by atoms with Crippen molar-refractivity contribution in [3.63, 3.8) is 0 Å². The number of carbonyl (C=O) groups excluding carboxylic acids is 1. The number of benzene rings is 2. The Morgan fingerprint density at radius 3 is 2.50 bits per heavy atom. The quantitative estimate of drug-likeness (QED) is 0.561. The summed E-state index contributed by atoms with van der Waals surface area (Å²) in [5.41, 5.74) is 4.35. The molecule has 0 aromatic heterocycles. The average molecular weight is 564 g/mol. The number of nitrogens with one attached hydrogen (secondary N) is 1. The van der Waals surface area contributed by atoms with Crippen molar-refractivity contribution in [3.05, 3.63) is 59.2 Å². The number of anilines is 1. The lowest BCUT2D eigenvalue weighted by Gasteiger charge is -2.32. The Morgan fingerprint density at radius 2 is 1.74 bits per heavy atom. The lowest BCUT2D eigenvalue weighted by Crippen LogP contribution is -2.44. The van der Waals surface area contributed by atoms with Gasteiger partial charge in [0, 0.05) is 64.5 Å². The predicted molar refractivity (Wildman–Crippen MR) is 155 cm³/mol. The lowest BCUT2D eigenvalue weighted by atomic mass is 10.00. The molecule has 2 aromatic rings. The molecule has 3 atom stereocenters. The largest absolute Gasteiger partial charge is 0.490 e. The maximum absolute atomic E-state index is 13.5. The number of likely N-dealkylation sites (N-methyl/N-ethyl adjacent to an activating group) is 1. The fraction of sp³-hybridized carbons (Fsp3) is 0.552. The molecule has 0 spiro atoms. The van der Waals surface area contributed by atoms with E-state index in [1.165, 1.54) is 24.0 Å². The van der Waals surface area contributed by atoms with Gasteiger partial charge in [0.05, 0.1) is 17.4 Å². The number of piperidine rings is 1. The van der Waals surface area contributed by atoms with E-state index in [4.69, 9.17) is 4.74 Å². The molecule has 2 bridgehead atoms. The van der Waals surface area contributed by atoms with Crippen LogP contribution >= 0.6 is 24.8 Å².